The molecule has 1 N–H and O–H groups in total. The number of fused-ring (bicyclic) bond motifs is 3. The summed E-state index contributed by atoms with van der Waals surface area (Å²) in [4.78, 5) is 4.56. The zero-order chi connectivity index (χ0) is 28.6. The van der Waals surface area contributed by atoms with Crippen LogP contribution >= 0.6 is 0 Å². The Kier molecular flexibility index (Phi) is 6.96. The quantitative estimate of drug-likeness (QED) is 0.255. The van der Waals surface area contributed by atoms with E-state index in [0.29, 0.717) is 31.1 Å². The molecular formula is C32H30N4O4S. The molecule has 208 valence electrons. The molecule has 3 aromatic carbocycles. The molecule has 1 aliphatic heterocycles. The Balaban J connectivity index is 1.51. The maximum atomic E-state index is 11.9. The van der Waals surface area contributed by atoms with Gasteiger partial charge in [-0.1, -0.05) is 31.2 Å². The first-order valence-electron chi connectivity index (χ1n) is 13.3. The Morgan fingerprint density at radius 2 is 1.88 bits per heavy atom. The number of allylic oxidation sites excluding steroid dienone is 1. The SMILES string of the molecule is CC/C(=C1\c2cc3cnn(Cc4ccc(OC)cc4)c3cc2COc2ncccc21)c1cccc(NS(C)(=O)=O)c1. The standard InChI is InChI=1S/C32H30N4O4S/c1-4-27(22-7-5-8-25(15-22)35-41(3,37)38)31-28-9-6-14-33-32(28)40-20-24-17-30-23(16-29(24)31)18-34-36(30)19-21-10-12-26(39-2)13-11-21/h5-18,35H,4,19-20H2,1-3H3/b31-27+. The largest absolute Gasteiger partial charge is 0.497 e. The molecule has 0 spiro atoms. The highest BCUT2D eigenvalue weighted by Crippen LogP contribution is 2.43. The predicted molar refractivity (Wildman–Crippen MR) is 162 cm³/mol. The van der Waals surface area contributed by atoms with Crippen LogP contribution in [0.4, 0.5) is 5.69 Å². The monoisotopic (exact) mass is 566 g/mol. The first-order chi connectivity index (χ1) is 19.8. The number of rotatable bonds is 7. The summed E-state index contributed by atoms with van der Waals surface area (Å²) in [6.45, 7) is 3.09. The average molecular weight is 567 g/mol. The van der Waals surface area contributed by atoms with Gasteiger partial charge < -0.3 is 9.47 Å². The number of sulfonamides is 1. The third kappa shape index (κ3) is 5.40. The molecule has 0 saturated carbocycles. The molecule has 0 saturated heterocycles. The molecule has 0 radical (unpaired) electrons. The molecule has 0 fully saturated rings. The molecule has 9 heteroatoms. The van der Waals surface area contributed by atoms with Crippen LogP contribution in [0.15, 0.2) is 85.2 Å². The summed E-state index contributed by atoms with van der Waals surface area (Å²) in [5, 5.41) is 5.74. The van der Waals surface area contributed by atoms with Gasteiger partial charge in [0.15, 0.2) is 0 Å². The number of nitrogens with zero attached hydrogens (tertiary/aromatic N) is 3. The van der Waals surface area contributed by atoms with Crippen molar-refractivity contribution in [1.82, 2.24) is 14.8 Å². The van der Waals surface area contributed by atoms with E-state index in [0.717, 1.165) is 61.9 Å². The lowest BCUT2D eigenvalue weighted by molar-refractivity contribution is 0.295. The van der Waals surface area contributed by atoms with Gasteiger partial charge in [-0.15, -0.1) is 0 Å². The van der Waals surface area contributed by atoms with Crippen LogP contribution in [-0.4, -0.2) is 36.5 Å². The van der Waals surface area contributed by atoms with E-state index in [4.69, 9.17) is 14.6 Å². The second-order valence-electron chi connectivity index (χ2n) is 10.0. The number of nitrogens with one attached hydrogen (secondary N) is 1. The van der Waals surface area contributed by atoms with Crippen molar-refractivity contribution in [3.63, 3.8) is 0 Å². The van der Waals surface area contributed by atoms with Crippen molar-refractivity contribution in [2.24, 2.45) is 0 Å². The molecular weight excluding hydrogens is 536 g/mol. The number of anilines is 1. The van der Waals surface area contributed by atoms with Crippen LogP contribution in [-0.2, 0) is 23.2 Å². The fourth-order valence-corrected chi connectivity index (χ4v) is 5.93. The maximum absolute atomic E-state index is 11.9. The number of pyridine rings is 1. The number of aromatic nitrogens is 3. The molecule has 8 nitrogen and oxygen atoms in total. The van der Waals surface area contributed by atoms with Gasteiger partial charge in [-0.05, 0) is 88.4 Å². The van der Waals surface area contributed by atoms with Crippen LogP contribution in [0, 0.1) is 0 Å². The normalized spacial score (nSPS) is 14.0. The Morgan fingerprint density at radius 3 is 2.63 bits per heavy atom. The van der Waals surface area contributed by atoms with Gasteiger partial charge >= 0.3 is 0 Å². The topological polar surface area (TPSA) is 95.3 Å². The minimum absolute atomic E-state index is 0.360. The summed E-state index contributed by atoms with van der Waals surface area (Å²) in [5.41, 5.74) is 8.63. The molecule has 5 aromatic rings. The lowest BCUT2D eigenvalue weighted by Crippen LogP contribution is -2.09. The summed E-state index contributed by atoms with van der Waals surface area (Å²) >= 11 is 0. The van der Waals surface area contributed by atoms with Gasteiger partial charge in [-0.25, -0.2) is 13.4 Å². The van der Waals surface area contributed by atoms with Crippen LogP contribution in [0.5, 0.6) is 11.6 Å². The number of methoxy groups -OCH3 is 1. The minimum Gasteiger partial charge on any atom is -0.497 e. The molecule has 2 aromatic heterocycles. The fourth-order valence-electron chi connectivity index (χ4n) is 5.37. The zero-order valence-corrected chi connectivity index (χ0v) is 23.9. The van der Waals surface area contributed by atoms with Gasteiger partial charge in [0.05, 0.1) is 31.6 Å². The van der Waals surface area contributed by atoms with Crippen LogP contribution in [0.1, 0.15) is 41.2 Å². The van der Waals surface area contributed by atoms with Crippen molar-refractivity contribution in [2.75, 3.05) is 18.1 Å². The van der Waals surface area contributed by atoms with Gasteiger partial charge in [0.1, 0.15) is 12.4 Å². The van der Waals surface area contributed by atoms with E-state index in [9.17, 15) is 8.42 Å². The molecule has 0 amide bonds. The number of ether oxygens (including phenoxy) is 2. The van der Waals surface area contributed by atoms with Gasteiger partial charge in [-0.2, -0.15) is 5.10 Å². The summed E-state index contributed by atoms with van der Waals surface area (Å²) in [7, 11) is -1.75. The molecule has 1 aliphatic rings. The minimum atomic E-state index is -3.41. The Bertz CT molecular complexity index is 1890. The molecule has 0 unspecified atom stereocenters. The van der Waals surface area contributed by atoms with E-state index in [1.165, 1.54) is 0 Å². The fraction of sp³-hybridized carbons (Fsp3) is 0.188. The Hall–Kier alpha value is -4.63. The third-order valence-electron chi connectivity index (χ3n) is 7.20. The van der Waals surface area contributed by atoms with E-state index in [1.54, 1.807) is 19.4 Å². The summed E-state index contributed by atoms with van der Waals surface area (Å²) < 4.78 is 40.0. The Morgan fingerprint density at radius 1 is 1.05 bits per heavy atom. The molecule has 6 rings (SSSR count). The highest BCUT2D eigenvalue weighted by molar-refractivity contribution is 7.92. The van der Waals surface area contributed by atoms with Crippen LogP contribution in [0.25, 0.3) is 22.0 Å². The van der Waals surface area contributed by atoms with Crippen molar-refractivity contribution in [3.8, 4) is 11.6 Å². The first kappa shape index (κ1) is 26.6. The number of benzene rings is 3. The average Bonchev–Trinajstić information content (AvgIpc) is 3.27. The first-order valence-corrected chi connectivity index (χ1v) is 15.2. The van der Waals surface area contributed by atoms with E-state index in [2.05, 4.69) is 28.8 Å². The second kappa shape index (κ2) is 10.7. The zero-order valence-electron chi connectivity index (χ0n) is 23.1. The van der Waals surface area contributed by atoms with E-state index in [1.807, 2.05) is 65.5 Å². The van der Waals surface area contributed by atoms with Crippen LogP contribution < -0.4 is 14.2 Å². The van der Waals surface area contributed by atoms with Gasteiger partial charge in [0.25, 0.3) is 0 Å². The van der Waals surface area contributed by atoms with Gasteiger partial charge in [0, 0.05) is 22.8 Å². The van der Waals surface area contributed by atoms with Crippen molar-refractivity contribution in [2.45, 2.75) is 26.5 Å². The van der Waals surface area contributed by atoms with E-state index >= 15 is 0 Å². The molecule has 3 heterocycles. The Labute approximate surface area is 239 Å². The summed E-state index contributed by atoms with van der Waals surface area (Å²) in [6.07, 6.45) is 5.49. The summed E-state index contributed by atoms with van der Waals surface area (Å²) in [5.74, 6) is 1.39. The number of hydrogen-bond donors (Lipinski definition) is 1. The van der Waals surface area contributed by atoms with Crippen molar-refractivity contribution < 1.29 is 17.9 Å². The number of hydrogen-bond acceptors (Lipinski definition) is 6. The van der Waals surface area contributed by atoms with Crippen molar-refractivity contribution >= 4 is 37.8 Å². The third-order valence-corrected chi connectivity index (χ3v) is 7.81. The molecule has 0 atom stereocenters. The second-order valence-corrected chi connectivity index (χ2v) is 11.8. The summed E-state index contributed by atoms with van der Waals surface area (Å²) in [6, 6.07) is 23.8. The maximum Gasteiger partial charge on any atom is 0.229 e. The van der Waals surface area contributed by atoms with E-state index in [-0.39, 0.29) is 0 Å². The lowest BCUT2D eigenvalue weighted by Gasteiger charge is -2.18. The highest BCUT2D eigenvalue weighted by Gasteiger charge is 2.25. The van der Waals surface area contributed by atoms with Crippen LogP contribution in [0.2, 0.25) is 0 Å². The smallest absolute Gasteiger partial charge is 0.229 e. The lowest BCUT2D eigenvalue weighted by atomic mass is 9.86. The molecule has 41 heavy (non-hydrogen) atoms. The predicted octanol–water partition coefficient (Wildman–Crippen LogP) is 6.12. The van der Waals surface area contributed by atoms with Gasteiger partial charge in [-0.3, -0.25) is 9.40 Å². The molecule has 0 aliphatic carbocycles. The highest BCUT2D eigenvalue weighted by atomic mass is 32.2. The van der Waals surface area contributed by atoms with Crippen molar-refractivity contribution in [1.29, 1.82) is 0 Å². The van der Waals surface area contributed by atoms with E-state index < -0.39 is 10.0 Å². The van der Waals surface area contributed by atoms with Crippen LogP contribution in [0.3, 0.4) is 0 Å². The molecule has 0 bridgehead atoms. The van der Waals surface area contributed by atoms with Crippen molar-refractivity contribution in [3.05, 3.63) is 113 Å². The van der Waals surface area contributed by atoms with Gasteiger partial charge in [0.2, 0.25) is 15.9 Å².